The summed E-state index contributed by atoms with van der Waals surface area (Å²) in [5, 5.41) is 5.45. The Morgan fingerprint density at radius 3 is 1.72 bits per heavy atom. The molecule has 0 unspecified atom stereocenters. The van der Waals surface area contributed by atoms with Crippen molar-refractivity contribution in [1.82, 2.24) is 10.6 Å². The number of rotatable bonds is 15. The number of hydrogen-bond donors (Lipinski definition) is 2. The third-order valence-electron chi connectivity index (χ3n) is 2.79. The van der Waals surface area contributed by atoms with Crippen LogP contribution in [0.15, 0.2) is 0 Å². The molecular formula is C17H34N2O6. The number of ether oxygens (including phenoxy) is 4. The Hall–Kier alpha value is -1.22. The zero-order chi connectivity index (χ0) is 19.0. The maximum atomic E-state index is 11.5. The first-order valence-corrected chi connectivity index (χ1v) is 8.63. The first-order chi connectivity index (χ1) is 11.8. The standard InChI is InChI=1S/C17H34N2O6/c1-15(20)18-5-6-22-7-8-23-9-10-24-11-12-25-13-16(21)19-14-17(2,3)4/h5-14H2,1-4H3,(H,18,20)(H,19,21). The van der Waals surface area contributed by atoms with Gasteiger partial charge in [-0.25, -0.2) is 0 Å². The minimum absolute atomic E-state index is 0.0474. The molecule has 8 nitrogen and oxygen atoms in total. The minimum atomic E-state index is -0.114. The third-order valence-corrected chi connectivity index (χ3v) is 2.79. The Balaban J connectivity index is 3.19. The summed E-state index contributed by atoms with van der Waals surface area (Å²) >= 11 is 0. The number of amides is 2. The zero-order valence-electron chi connectivity index (χ0n) is 16.0. The van der Waals surface area contributed by atoms with Crippen molar-refractivity contribution in [2.45, 2.75) is 27.7 Å². The molecule has 148 valence electrons. The SMILES string of the molecule is CC(=O)NCCOCCOCCOCCOCC(=O)NCC(C)(C)C. The fourth-order valence-electron chi connectivity index (χ4n) is 1.54. The van der Waals surface area contributed by atoms with E-state index in [0.717, 1.165) is 0 Å². The highest BCUT2D eigenvalue weighted by Crippen LogP contribution is 2.09. The van der Waals surface area contributed by atoms with Crippen LogP contribution in [0.25, 0.3) is 0 Å². The van der Waals surface area contributed by atoms with Crippen LogP contribution in [0.3, 0.4) is 0 Å². The first-order valence-electron chi connectivity index (χ1n) is 8.63. The summed E-state index contributed by atoms with van der Waals surface area (Å²) in [6.45, 7) is 12.0. The lowest BCUT2D eigenvalue weighted by molar-refractivity contribution is -0.126. The molecule has 0 saturated carbocycles. The van der Waals surface area contributed by atoms with E-state index in [9.17, 15) is 9.59 Å². The van der Waals surface area contributed by atoms with Gasteiger partial charge in [-0.3, -0.25) is 9.59 Å². The van der Waals surface area contributed by atoms with E-state index in [0.29, 0.717) is 59.3 Å². The largest absolute Gasteiger partial charge is 0.377 e. The summed E-state index contributed by atoms with van der Waals surface area (Å²) in [5.41, 5.74) is 0.0647. The number of carbonyl (C=O) groups is 2. The topological polar surface area (TPSA) is 95.1 Å². The second kappa shape index (κ2) is 15.1. The van der Waals surface area contributed by atoms with Crippen LogP contribution in [0.4, 0.5) is 0 Å². The fourth-order valence-corrected chi connectivity index (χ4v) is 1.54. The number of hydrogen-bond acceptors (Lipinski definition) is 6. The van der Waals surface area contributed by atoms with Crippen molar-refractivity contribution in [1.29, 1.82) is 0 Å². The van der Waals surface area contributed by atoms with Crippen LogP contribution in [0.2, 0.25) is 0 Å². The van der Waals surface area contributed by atoms with Crippen LogP contribution in [-0.2, 0) is 28.5 Å². The Labute approximate surface area is 150 Å². The average molecular weight is 362 g/mol. The van der Waals surface area contributed by atoms with Gasteiger partial charge in [0.25, 0.3) is 0 Å². The van der Waals surface area contributed by atoms with Gasteiger partial charge in [-0.1, -0.05) is 20.8 Å². The van der Waals surface area contributed by atoms with Crippen LogP contribution in [0, 0.1) is 5.41 Å². The molecule has 0 aliphatic rings. The van der Waals surface area contributed by atoms with Crippen LogP contribution in [-0.4, -0.2) is 77.8 Å². The van der Waals surface area contributed by atoms with Gasteiger partial charge >= 0.3 is 0 Å². The van der Waals surface area contributed by atoms with Gasteiger partial charge in [0, 0.05) is 20.0 Å². The molecule has 0 spiro atoms. The molecule has 8 heteroatoms. The smallest absolute Gasteiger partial charge is 0.246 e. The van der Waals surface area contributed by atoms with Crippen LogP contribution in [0.5, 0.6) is 0 Å². The molecule has 0 aromatic heterocycles. The van der Waals surface area contributed by atoms with E-state index in [2.05, 4.69) is 31.4 Å². The van der Waals surface area contributed by atoms with Crippen LogP contribution in [0.1, 0.15) is 27.7 Å². The maximum absolute atomic E-state index is 11.5. The zero-order valence-corrected chi connectivity index (χ0v) is 16.0. The highest BCUT2D eigenvalue weighted by molar-refractivity contribution is 5.77. The van der Waals surface area contributed by atoms with E-state index in [-0.39, 0.29) is 23.8 Å². The second-order valence-electron chi connectivity index (χ2n) is 6.71. The first kappa shape index (κ1) is 23.8. The van der Waals surface area contributed by atoms with Crippen molar-refractivity contribution in [2.24, 2.45) is 5.41 Å². The highest BCUT2D eigenvalue weighted by atomic mass is 16.6. The molecule has 0 radical (unpaired) electrons. The van der Waals surface area contributed by atoms with Crippen molar-refractivity contribution in [3.63, 3.8) is 0 Å². The molecule has 0 saturated heterocycles. The van der Waals surface area contributed by atoms with Gasteiger partial charge in [0.2, 0.25) is 11.8 Å². The minimum Gasteiger partial charge on any atom is -0.377 e. The van der Waals surface area contributed by atoms with Crippen molar-refractivity contribution in [3.8, 4) is 0 Å². The molecule has 2 N–H and O–H groups in total. The Morgan fingerprint density at radius 2 is 1.24 bits per heavy atom. The normalized spacial score (nSPS) is 11.4. The van der Waals surface area contributed by atoms with E-state index in [4.69, 9.17) is 18.9 Å². The molecule has 0 rings (SSSR count). The molecule has 0 aliphatic heterocycles. The lowest BCUT2D eigenvalue weighted by atomic mass is 9.97. The third kappa shape index (κ3) is 20.7. The lowest BCUT2D eigenvalue weighted by Gasteiger charge is -2.18. The summed E-state index contributed by atoms with van der Waals surface area (Å²) in [6.07, 6.45) is 0. The van der Waals surface area contributed by atoms with Crippen molar-refractivity contribution in [2.75, 3.05) is 65.9 Å². The molecule has 0 aromatic carbocycles. The summed E-state index contributed by atoms with van der Waals surface area (Å²) < 4.78 is 21.2. The monoisotopic (exact) mass is 362 g/mol. The van der Waals surface area contributed by atoms with Gasteiger partial charge in [-0.05, 0) is 5.41 Å². The number of carbonyl (C=O) groups excluding carboxylic acids is 2. The van der Waals surface area contributed by atoms with Crippen molar-refractivity contribution < 1.29 is 28.5 Å². The molecule has 0 fully saturated rings. The molecule has 0 aromatic rings. The quantitative estimate of drug-likeness (QED) is 0.408. The molecule has 2 amide bonds. The Bertz CT molecular complexity index is 358. The van der Waals surface area contributed by atoms with Gasteiger partial charge in [-0.15, -0.1) is 0 Å². The van der Waals surface area contributed by atoms with Gasteiger partial charge in [0.1, 0.15) is 6.61 Å². The Morgan fingerprint density at radius 1 is 0.760 bits per heavy atom. The summed E-state index contributed by atoms with van der Waals surface area (Å²) in [6, 6.07) is 0. The van der Waals surface area contributed by atoms with Crippen molar-refractivity contribution in [3.05, 3.63) is 0 Å². The van der Waals surface area contributed by atoms with E-state index >= 15 is 0 Å². The van der Waals surface area contributed by atoms with Crippen molar-refractivity contribution >= 4 is 11.8 Å². The van der Waals surface area contributed by atoms with E-state index in [1.807, 2.05) is 0 Å². The molecule has 0 bridgehead atoms. The van der Waals surface area contributed by atoms with Gasteiger partial charge in [0.15, 0.2) is 0 Å². The predicted molar refractivity (Wildman–Crippen MR) is 94.4 cm³/mol. The lowest BCUT2D eigenvalue weighted by Crippen LogP contribution is -2.34. The fraction of sp³-hybridized carbons (Fsp3) is 0.882. The average Bonchev–Trinajstić information content (AvgIpc) is 2.52. The molecular weight excluding hydrogens is 328 g/mol. The van der Waals surface area contributed by atoms with E-state index in [1.165, 1.54) is 6.92 Å². The molecule has 0 heterocycles. The van der Waals surface area contributed by atoms with E-state index in [1.54, 1.807) is 0 Å². The van der Waals surface area contributed by atoms with Gasteiger partial charge in [0.05, 0.1) is 46.2 Å². The van der Waals surface area contributed by atoms with E-state index < -0.39 is 0 Å². The van der Waals surface area contributed by atoms with Crippen LogP contribution < -0.4 is 10.6 Å². The summed E-state index contributed by atoms with van der Waals surface area (Å²) in [4.78, 5) is 22.1. The number of nitrogens with one attached hydrogen (secondary N) is 2. The van der Waals surface area contributed by atoms with Crippen LogP contribution >= 0.6 is 0 Å². The summed E-state index contributed by atoms with van der Waals surface area (Å²) in [5.74, 6) is -0.178. The summed E-state index contributed by atoms with van der Waals surface area (Å²) in [7, 11) is 0. The Kier molecular flexibility index (Phi) is 14.3. The van der Waals surface area contributed by atoms with Gasteiger partial charge in [-0.2, -0.15) is 0 Å². The predicted octanol–water partition coefficient (Wildman–Crippen LogP) is 0.351. The maximum Gasteiger partial charge on any atom is 0.246 e. The molecule has 0 aliphatic carbocycles. The second-order valence-corrected chi connectivity index (χ2v) is 6.71. The highest BCUT2D eigenvalue weighted by Gasteiger charge is 2.11. The van der Waals surface area contributed by atoms with Gasteiger partial charge < -0.3 is 29.6 Å². The molecule has 0 atom stereocenters. The molecule has 25 heavy (non-hydrogen) atoms.